The molecule has 0 radical (unpaired) electrons. The van der Waals surface area contributed by atoms with Crippen molar-refractivity contribution in [1.82, 2.24) is 4.90 Å². The summed E-state index contributed by atoms with van der Waals surface area (Å²) in [7, 11) is 1.42. The van der Waals surface area contributed by atoms with Gasteiger partial charge in [0.05, 0.1) is 19.7 Å². The molecule has 140 valence electrons. The van der Waals surface area contributed by atoms with Crippen LogP contribution in [0.25, 0.3) is 0 Å². The third-order valence-electron chi connectivity index (χ3n) is 3.58. The Kier molecular flexibility index (Phi) is 15.0. The van der Waals surface area contributed by atoms with E-state index in [9.17, 15) is 19.2 Å². The van der Waals surface area contributed by atoms with Gasteiger partial charge in [-0.05, 0) is 32.1 Å². The van der Waals surface area contributed by atoms with Crippen LogP contribution in [0.4, 0.5) is 4.79 Å². The second-order valence-electron chi connectivity index (χ2n) is 5.59. The van der Waals surface area contributed by atoms with Crippen molar-refractivity contribution in [2.45, 2.75) is 57.8 Å². The number of aliphatic imine (C=N–C) groups is 2. The van der Waals surface area contributed by atoms with Crippen molar-refractivity contribution in [3.8, 4) is 0 Å². The van der Waals surface area contributed by atoms with Crippen LogP contribution in [0.3, 0.4) is 0 Å². The van der Waals surface area contributed by atoms with Gasteiger partial charge in [-0.3, -0.25) is 9.69 Å². The van der Waals surface area contributed by atoms with Crippen LogP contribution in [0.2, 0.25) is 0 Å². The Bertz CT molecular complexity index is 483. The summed E-state index contributed by atoms with van der Waals surface area (Å²) in [5.41, 5.74) is 0. The second-order valence-corrected chi connectivity index (χ2v) is 5.59. The number of amides is 2. The van der Waals surface area contributed by atoms with Crippen LogP contribution in [-0.2, 0) is 19.1 Å². The quantitative estimate of drug-likeness (QED) is 0.271. The summed E-state index contributed by atoms with van der Waals surface area (Å²) in [5.74, 6) is -0.261. The molecule has 0 fully saturated rings. The fourth-order valence-electron chi connectivity index (χ4n) is 2.08. The number of hydrogen-bond acceptors (Lipinski definition) is 7. The maximum absolute atomic E-state index is 11.9. The number of unbranched alkanes of at least 4 members (excludes halogenated alkanes) is 6. The van der Waals surface area contributed by atoms with Crippen LogP contribution >= 0.6 is 0 Å². The summed E-state index contributed by atoms with van der Waals surface area (Å²) < 4.78 is 5.06. The lowest BCUT2D eigenvalue weighted by atomic mass is 10.1. The maximum atomic E-state index is 11.9. The summed E-state index contributed by atoms with van der Waals surface area (Å²) in [5, 5.41) is 0. The van der Waals surface area contributed by atoms with Gasteiger partial charge in [0.1, 0.15) is 0 Å². The normalized spacial score (nSPS) is 9.64. The summed E-state index contributed by atoms with van der Waals surface area (Å²) in [6.07, 6.45) is 9.12. The molecule has 0 aliphatic heterocycles. The van der Waals surface area contributed by atoms with Crippen molar-refractivity contribution < 1.29 is 23.9 Å². The van der Waals surface area contributed by atoms with E-state index in [0.717, 1.165) is 43.4 Å². The van der Waals surface area contributed by atoms with Gasteiger partial charge in [-0.15, -0.1) is 0 Å². The summed E-state index contributed by atoms with van der Waals surface area (Å²) >= 11 is 0. The molecule has 25 heavy (non-hydrogen) atoms. The van der Waals surface area contributed by atoms with Crippen molar-refractivity contribution in [1.29, 1.82) is 0 Å². The third kappa shape index (κ3) is 13.8. The van der Waals surface area contributed by atoms with Gasteiger partial charge >= 0.3 is 6.09 Å². The molecular formula is C17H27N3O5. The number of carbonyl (C=O) groups is 2. The van der Waals surface area contributed by atoms with Gasteiger partial charge in [0.15, 0.2) is 0 Å². The molecule has 0 aliphatic rings. The molecule has 8 nitrogen and oxygen atoms in total. The van der Waals surface area contributed by atoms with E-state index in [-0.39, 0.29) is 12.5 Å². The standard InChI is InChI=1S/C17H27N3O5/c1-20(16(23)10-6-2-3-7-11-18-14-21)17(24)25-13-9-5-4-8-12-19-15-22/h2-13H2,1H3. The van der Waals surface area contributed by atoms with Crippen molar-refractivity contribution in [2.75, 3.05) is 26.7 Å². The molecule has 0 aromatic heterocycles. The van der Waals surface area contributed by atoms with Gasteiger partial charge < -0.3 is 4.74 Å². The second kappa shape index (κ2) is 16.6. The van der Waals surface area contributed by atoms with Crippen LogP contribution in [0.5, 0.6) is 0 Å². The van der Waals surface area contributed by atoms with E-state index in [1.54, 1.807) is 0 Å². The number of hydrogen-bond donors (Lipinski definition) is 0. The molecular weight excluding hydrogens is 326 g/mol. The zero-order chi connectivity index (χ0) is 18.8. The topological polar surface area (TPSA) is 105 Å². The molecule has 0 rings (SSSR count). The highest BCUT2D eigenvalue weighted by Crippen LogP contribution is 2.06. The Morgan fingerprint density at radius 1 is 0.840 bits per heavy atom. The van der Waals surface area contributed by atoms with Gasteiger partial charge in [-0.2, -0.15) is 0 Å². The van der Waals surface area contributed by atoms with Crippen LogP contribution < -0.4 is 0 Å². The molecule has 0 bridgehead atoms. The highest BCUT2D eigenvalue weighted by atomic mass is 16.6. The van der Waals surface area contributed by atoms with Crippen LogP contribution in [0, 0.1) is 0 Å². The minimum atomic E-state index is -0.629. The molecule has 0 saturated carbocycles. The van der Waals surface area contributed by atoms with E-state index in [0.29, 0.717) is 32.4 Å². The Hall–Kier alpha value is -2.30. The molecule has 0 saturated heterocycles. The molecule has 0 unspecified atom stereocenters. The minimum absolute atomic E-state index is 0.261. The summed E-state index contributed by atoms with van der Waals surface area (Å²) in [4.78, 5) is 51.3. The lowest BCUT2D eigenvalue weighted by Gasteiger charge is -2.15. The number of imide groups is 1. The molecule has 0 aromatic carbocycles. The molecule has 0 atom stereocenters. The van der Waals surface area contributed by atoms with Gasteiger partial charge in [0.2, 0.25) is 18.1 Å². The van der Waals surface area contributed by atoms with Crippen LogP contribution in [-0.4, -0.2) is 55.8 Å². The zero-order valence-electron chi connectivity index (χ0n) is 14.9. The minimum Gasteiger partial charge on any atom is -0.449 e. The first-order chi connectivity index (χ1) is 12.1. The van der Waals surface area contributed by atoms with E-state index >= 15 is 0 Å². The molecule has 0 aliphatic carbocycles. The predicted octanol–water partition coefficient (Wildman–Crippen LogP) is 2.76. The van der Waals surface area contributed by atoms with Crippen LogP contribution in [0.1, 0.15) is 57.8 Å². The lowest BCUT2D eigenvalue weighted by molar-refractivity contribution is -0.128. The van der Waals surface area contributed by atoms with Gasteiger partial charge in [0, 0.05) is 13.5 Å². The Balaban J connectivity index is 3.66. The first-order valence-corrected chi connectivity index (χ1v) is 8.64. The van der Waals surface area contributed by atoms with Crippen LogP contribution in [0.15, 0.2) is 9.98 Å². The molecule has 0 spiro atoms. The monoisotopic (exact) mass is 353 g/mol. The number of rotatable bonds is 14. The summed E-state index contributed by atoms with van der Waals surface area (Å²) in [6, 6.07) is 0. The Labute approximate surface area is 148 Å². The van der Waals surface area contributed by atoms with Crippen molar-refractivity contribution in [2.24, 2.45) is 9.98 Å². The lowest BCUT2D eigenvalue weighted by Crippen LogP contribution is -2.33. The van der Waals surface area contributed by atoms with Gasteiger partial charge in [-0.1, -0.05) is 19.3 Å². The fourth-order valence-corrected chi connectivity index (χ4v) is 2.08. The number of ether oxygens (including phenoxy) is 1. The van der Waals surface area contributed by atoms with Gasteiger partial charge in [0.25, 0.3) is 0 Å². The number of carbonyl (C=O) groups excluding carboxylic acids is 4. The highest BCUT2D eigenvalue weighted by Gasteiger charge is 2.17. The SMILES string of the molecule is CN(C(=O)CCCCCCN=C=O)C(=O)OCCCCCCN=C=O. The molecule has 2 amide bonds. The molecule has 0 heterocycles. The number of isocyanates is 2. The van der Waals surface area contributed by atoms with Crippen molar-refractivity contribution >= 4 is 24.2 Å². The first-order valence-electron chi connectivity index (χ1n) is 8.64. The maximum Gasteiger partial charge on any atom is 0.416 e. The van der Waals surface area contributed by atoms with Gasteiger partial charge in [-0.25, -0.2) is 24.4 Å². The molecule has 0 aromatic rings. The largest absolute Gasteiger partial charge is 0.449 e. The van der Waals surface area contributed by atoms with Crippen molar-refractivity contribution in [3.63, 3.8) is 0 Å². The van der Waals surface area contributed by atoms with E-state index in [1.807, 2.05) is 0 Å². The number of nitrogens with zero attached hydrogens (tertiary/aromatic N) is 3. The average molecular weight is 353 g/mol. The Morgan fingerprint density at radius 2 is 1.36 bits per heavy atom. The highest BCUT2D eigenvalue weighted by molar-refractivity contribution is 5.91. The first kappa shape index (κ1) is 22.7. The predicted molar refractivity (Wildman–Crippen MR) is 91.6 cm³/mol. The fraction of sp³-hybridized carbons (Fsp3) is 0.765. The Morgan fingerprint density at radius 3 is 1.92 bits per heavy atom. The molecule has 8 heteroatoms. The third-order valence-corrected chi connectivity index (χ3v) is 3.58. The zero-order valence-corrected chi connectivity index (χ0v) is 14.9. The van der Waals surface area contributed by atoms with E-state index in [2.05, 4.69) is 9.98 Å². The van der Waals surface area contributed by atoms with E-state index in [1.165, 1.54) is 19.2 Å². The molecule has 0 N–H and O–H groups in total. The van der Waals surface area contributed by atoms with E-state index < -0.39 is 6.09 Å². The van der Waals surface area contributed by atoms with E-state index in [4.69, 9.17) is 4.74 Å². The average Bonchev–Trinajstić information content (AvgIpc) is 2.62. The van der Waals surface area contributed by atoms with Crippen molar-refractivity contribution in [3.05, 3.63) is 0 Å². The summed E-state index contributed by atoms with van der Waals surface area (Å²) in [6.45, 7) is 1.21. The smallest absolute Gasteiger partial charge is 0.416 e.